The zero-order chi connectivity index (χ0) is 13.5. The third kappa shape index (κ3) is 4.00. The van der Waals surface area contributed by atoms with Gasteiger partial charge in [-0.3, -0.25) is 14.9 Å². The second-order valence-corrected chi connectivity index (χ2v) is 4.30. The van der Waals surface area contributed by atoms with Gasteiger partial charge in [0.15, 0.2) is 5.13 Å². The second kappa shape index (κ2) is 6.41. The molecule has 6 nitrogen and oxygen atoms in total. The summed E-state index contributed by atoms with van der Waals surface area (Å²) >= 11 is 1.23. The fraction of sp³-hybridized carbons (Fsp3) is 0. The minimum Gasteiger partial charge on any atom is -0.294 e. The number of hydrazone groups is 1. The van der Waals surface area contributed by atoms with Gasteiger partial charge in [0, 0.05) is 11.6 Å². The Balaban J connectivity index is 1.84. The summed E-state index contributed by atoms with van der Waals surface area (Å²) in [4.78, 5) is 26.7. The van der Waals surface area contributed by atoms with Crippen LogP contribution in [-0.4, -0.2) is 23.0 Å². The molecule has 1 aromatic carbocycles. The molecule has 2 amide bonds. The monoisotopic (exact) mass is 274 g/mol. The van der Waals surface area contributed by atoms with Crippen LogP contribution in [0.25, 0.3) is 0 Å². The Hall–Kier alpha value is -2.54. The normalized spacial score (nSPS) is 10.3. The lowest BCUT2D eigenvalue weighted by molar-refractivity contribution is -0.136. The van der Waals surface area contributed by atoms with Gasteiger partial charge in [-0.1, -0.05) is 30.3 Å². The lowest BCUT2D eigenvalue weighted by Crippen LogP contribution is -2.32. The van der Waals surface area contributed by atoms with E-state index in [1.165, 1.54) is 23.7 Å². The molecular formula is C12H10N4O2S. The first-order valence-electron chi connectivity index (χ1n) is 5.34. The predicted molar refractivity (Wildman–Crippen MR) is 72.9 cm³/mol. The molecule has 0 atom stereocenters. The standard InChI is InChI=1S/C12H10N4O2S/c17-10(15-12-13-6-7-19-12)11(18)16-14-8-9-4-2-1-3-5-9/h1-8H,(H,16,18)(H,13,15,17)/b14-8+. The van der Waals surface area contributed by atoms with Crippen molar-refractivity contribution in [3.8, 4) is 0 Å². The largest absolute Gasteiger partial charge is 0.329 e. The summed E-state index contributed by atoms with van der Waals surface area (Å²) in [6.07, 6.45) is 2.99. The molecule has 96 valence electrons. The van der Waals surface area contributed by atoms with Gasteiger partial charge < -0.3 is 0 Å². The van der Waals surface area contributed by atoms with Crippen LogP contribution in [0.3, 0.4) is 0 Å². The van der Waals surface area contributed by atoms with E-state index in [0.717, 1.165) is 5.56 Å². The van der Waals surface area contributed by atoms with Gasteiger partial charge in [-0.25, -0.2) is 10.4 Å². The fourth-order valence-corrected chi connectivity index (χ4v) is 1.72. The summed E-state index contributed by atoms with van der Waals surface area (Å²) in [5, 5.41) is 8.11. The molecule has 7 heteroatoms. The van der Waals surface area contributed by atoms with E-state index in [1.54, 1.807) is 5.38 Å². The molecule has 0 saturated carbocycles. The van der Waals surface area contributed by atoms with E-state index >= 15 is 0 Å². The molecular weight excluding hydrogens is 264 g/mol. The third-order valence-corrected chi connectivity index (χ3v) is 2.73. The first kappa shape index (κ1) is 12.9. The van der Waals surface area contributed by atoms with Crippen LogP contribution in [-0.2, 0) is 9.59 Å². The summed E-state index contributed by atoms with van der Waals surface area (Å²) in [5.74, 6) is -1.65. The highest BCUT2D eigenvalue weighted by Crippen LogP contribution is 2.09. The number of nitrogens with one attached hydrogen (secondary N) is 2. The zero-order valence-electron chi connectivity index (χ0n) is 9.74. The van der Waals surface area contributed by atoms with Crippen molar-refractivity contribution in [3.63, 3.8) is 0 Å². The molecule has 0 aliphatic carbocycles. The molecule has 1 aromatic heterocycles. The number of carbonyl (C=O) groups is 2. The molecule has 2 rings (SSSR count). The van der Waals surface area contributed by atoms with Gasteiger partial charge >= 0.3 is 11.8 Å². The molecule has 0 aliphatic rings. The van der Waals surface area contributed by atoms with Crippen LogP contribution >= 0.6 is 11.3 Å². The first-order chi connectivity index (χ1) is 9.25. The van der Waals surface area contributed by atoms with Crippen LogP contribution in [0, 0.1) is 0 Å². The number of hydrogen-bond donors (Lipinski definition) is 2. The van der Waals surface area contributed by atoms with Crippen LogP contribution in [0.15, 0.2) is 47.0 Å². The summed E-state index contributed by atoms with van der Waals surface area (Å²) in [6.45, 7) is 0. The summed E-state index contributed by atoms with van der Waals surface area (Å²) in [5.41, 5.74) is 2.96. The molecule has 0 unspecified atom stereocenters. The number of hydrogen-bond acceptors (Lipinski definition) is 5. The third-order valence-electron chi connectivity index (χ3n) is 2.04. The molecule has 2 N–H and O–H groups in total. The fourth-order valence-electron chi connectivity index (χ4n) is 1.19. The first-order valence-corrected chi connectivity index (χ1v) is 6.22. The Bertz CT molecular complexity index is 581. The smallest absolute Gasteiger partial charge is 0.294 e. The molecule has 0 bridgehead atoms. The predicted octanol–water partition coefficient (Wildman–Crippen LogP) is 1.23. The van der Waals surface area contributed by atoms with Crippen LogP contribution < -0.4 is 10.7 Å². The molecule has 0 radical (unpaired) electrons. The maximum Gasteiger partial charge on any atom is 0.329 e. The summed E-state index contributed by atoms with van der Waals surface area (Å²) < 4.78 is 0. The van der Waals surface area contributed by atoms with E-state index in [-0.39, 0.29) is 0 Å². The number of amides is 2. The van der Waals surface area contributed by atoms with E-state index < -0.39 is 11.8 Å². The van der Waals surface area contributed by atoms with Crippen molar-refractivity contribution in [3.05, 3.63) is 47.5 Å². The number of benzene rings is 1. The molecule has 0 spiro atoms. The van der Waals surface area contributed by atoms with Crippen molar-refractivity contribution in [2.24, 2.45) is 5.10 Å². The highest BCUT2D eigenvalue weighted by molar-refractivity contribution is 7.13. The van der Waals surface area contributed by atoms with Crippen LogP contribution in [0.4, 0.5) is 5.13 Å². The van der Waals surface area contributed by atoms with Gasteiger partial charge in [0.1, 0.15) is 0 Å². The number of thiazole rings is 1. The topological polar surface area (TPSA) is 83.5 Å². The Kier molecular flexibility index (Phi) is 4.35. The molecule has 19 heavy (non-hydrogen) atoms. The van der Waals surface area contributed by atoms with Crippen molar-refractivity contribution >= 4 is 34.5 Å². The van der Waals surface area contributed by atoms with Gasteiger partial charge in [-0.15, -0.1) is 11.3 Å². The van der Waals surface area contributed by atoms with Gasteiger partial charge in [-0.2, -0.15) is 5.10 Å². The van der Waals surface area contributed by atoms with E-state index in [1.807, 2.05) is 30.3 Å². The Morgan fingerprint density at radius 2 is 2.00 bits per heavy atom. The highest BCUT2D eigenvalue weighted by atomic mass is 32.1. The van der Waals surface area contributed by atoms with Gasteiger partial charge in [0.05, 0.1) is 6.21 Å². The highest BCUT2D eigenvalue weighted by Gasteiger charge is 2.13. The van der Waals surface area contributed by atoms with Crippen molar-refractivity contribution in [1.29, 1.82) is 0 Å². The van der Waals surface area contributed by atoms with E-state index in [0.29, 0.717) is 5.13 Å². The van der Waals surface area contributed by atoms with Gasteiger partial charge in [0.25, 0.3) is 0 Å². The van der Waals surface area contributed by atoms with Gasteiger partial charge in [-0.05, 0) is 5.56 Å². The molecule has 0 fully saturated rings. The zero-order valence-corrected chi connectivity index (χ0v) is 10.6. The van der Waals surface area contributed by atoms with E-state index in [4.69, 9.17) is 0 Å². The summed E-state index contributed by atoms with van der Waals surface area (Å²) in [7, 11) is 0. The minimum atomic E-state index is -0.845. The second-order valence-electron chi connectivity index (χ2n) is 3.40. The van der Waals surface area contributed by atoms with Crippen LogP contribution in [0.1, 0.15) is 5.56 Å². The van der Waals surface area contributed by atoms with Crippen molar-refractivity contribution < 1.29 is 9.59 Å². The van der Waals surface area contributed by atoms with E-state index in [2.05, 4.69) is 20.8 Å². The number of rotatable bonds is 3. The quantitative estimate of drug-likeness (QED) is 0.501. The summed E-state index contributed by atoms with van der Waals surface area (Å²) in [6, 6.07) is 9.21. The lowest BCUT2D eigenvalue weighted by atomic mass is 10.2. The number of carbonyl (C=O) groups excluding carboxylic acids is 2. The molecule has 1 heterocycles. The average molecular weight is 274 g/mol. The van der Waals surface area contributed by atoms with Crippen molar-refractivity contribution in [1.82, 2.24) is 10.4 Å². The molecule has 2 aromatic rings. The minimum absolute atomic E-state index is 0.368. The number of aromatic nitrogens is 1. The van der Waals surface area contributed by atoms with E-state index in [9.17, 15) is 9.59 Å². The Labute approximate surface area is 113 Å². The maximum atomic E-state index is 11.4. The SMILES string of the molecule is O=C(N/N=C/c1ccccc1)C(=O)Nc1nccs1. The van der Waals surface area contributed by atoms with Gasteiger partial charge in [0.2, 0.25) is 0 Å². The Morgan fingerprint density at radius 1 is 1.21 bits per heavy atom. The average Bonchev–Trinajstić information content (AvgIpc) is 2.92. The number of anilines is 1. The Morgan fingerprint density at radius 3 is 2.68 bits per heavy atom. The van der Waals surface area contributed by atoms with Crippen molar-refractivity contribution in [2.75, 3.05) is 5.32 Å². The van der Waals surface area contributed by atoms with Crippen molar-refractivity contribution in [2.45, 2.75) is 0 Å². The lowest BCUT2D eigenvalue weighted by Gasteiger charge is -1.99. The molecule has 0 aliphatic heterocycles. The number of nitrogens with zero attached hydrogens (tertiary/aromatic N) is 2. The van der Waals surface area contributed by atoms with Crippen LogP contribution in [0.2, 0.25) is 0 Å². The maximum absolute atomic E-state index is 11.4. The van der Waals surface area contributed by atoms with Crippen LogP contribution in [0.5, 0.6) is 0 Å². The molecule has 0 saturated heterocycles.